The zero-order chi connectivity index (χ0) is 22.8. The summed E-state index contributed by atoms with van der Waals surface area (Å²) < 4.78 is 5.27. The van der Waals surface area contributed by atoms with Crippen LogP contribution in [0.25, 0.3) is 11.0 Å². The van der Waals surface area contributed by atoms with E-state index >= 15 is 0 Å². The molecule has 1 saturated carbocycles. The number of imidazole rings is 1. The van der Waals surface area contributed by atoms with Crippen molar-refractivity contribution in [2.24, 2.45) is 0 Å². The van der Waals surface area contributed by atoms with Crippen molar-refractivity contribution in [2.45, 2.75) is 30.8 Å². The minimum Gasteiger partial charge on any atom is -0.497 e. The molecule has 6 nitrogen and oxygen atoms in total. The molecule has 2 amide bonds. The van der Waals surface area contributed by atoms with Crippen LogP contribution in [0.15, 0.2) is 72.8 Å². The molecule has 1 unspecified atom stereocenters. The second-order valence-corrected chi connectivity index (χ2v) is 8.87. The molecule has 1 aromatic heterocycles. The number of methoxy groups -OCH3 is 1. The van der Waals surface area contributed by atoms with Crippen LogP contribution in [0, 0.1) is 0 Å². The van der Waals surface area contributed by atoms with Crippen molar-refractivity contribution in [3.63, 3.8) is 0 Å². The van der Waals surface area contributed by atoms with E-state index < -0.39 is 0 Å². The molecule has 1 heterocycles. The van der Waals surface area contributed by atoms with Crippen molar-refractivity contribution in [3.8, 4) is 5.75 Å². The number of amides is 2. The number of para-hydroxylation sites is 2. The molecule has 0 aliphatic heterocycles. The lowest BCUT2D eigenvalue weighted by Gasteiger charge is -2.22. The van der Waals surface area contributed by atoms with Crippen LogP contribution < -0.4 is 15.4 Å². The van der Waals surface area contributed by atoms with Crippen molar-refractivity contribution in [3.05, 3.63) is 94.8 Å². The third-order valence-electron chi connectivity index (χ3n) is 6.14. The monoisotopic (exact) mass is 460 g/mol. The van der Waals surface area contributed by atoms with Gasteiger partial charge in [0.25, 0.3) is 0 Å². The van der Waals surface area contributed by atoms with Crippen LogP contribution >= 0.6 is 11.6 Å². The molecule has 0 bridgehead atoms. The molecule has 33 heavy (non-hydrogen) atoms. The standard InChI is InChI=1S/C26H25ClN4O2/c1-33-20-12-6-17(7-13-20)16-23(24-28-21-4-2-3-5-22(21)29-24)30-25(32)31-26(14-15-26)18-8-10-19(27)11-9-18/h2-13,23H,14-16H2,1H3,(H,28,29)(H2,30,31,32). The van der Waals surface area contributed by atoms with Crippen molar-refractivity contribution in [2.75, 3.05) is 7.11 Å². The van der Waals surface area contributed by atoms with Crippen molar-refractivity contribution in [1.29, 1.82) is 0 Å². The largest absolute Gasteiger partial charge is 0.497 e. The Morgan fingerprint density at radius 1 is 1.09 bits per heavy atom. The highest BCUT2D eigenvalue weighted by Gasteiger charge is 2.45. The Morgan fingerprint density at radius 2 is 1.82 bits per heavy atom. The van der Waals surface area contributed by atoms with Gasteiger partial charge in [0, 0.05) is 5.02 Å². The summed E-state index contributed by atoms with van der Waals surface area (Å²) in [6.45, 7) is 0. The summed E-state index contributed by atoms with van der Waals surface area (Å²) in [5, 5.41) is 7.02. The van der Waals surface area contributed by atoms with Crippen LogP contribution in [0.2, 0.25) is 5.02 Å². The number of hydrogen-bond acceptors (Lipinski definition) is 3. The molecule has 3 N–H and O–H groups in total. The van der Waals surface area contributed by atoms with Gasteiger partial charge in [-0.05, 0) is 66.8 Å². The number of benzene rings is 3. The minimum absolute atomic E-state index is 0.221. The van der Waals surface area contributed by atoms with Gasteiger partial charge in [0.05, 0.1) is 29.7 Å². The molecule has 1 atom stereocenters. The van der Waals surface area contributed by atoms with Gasteiger partial charge in [-0.1, -0.05) is 48.0 Å². The molecule has 0 saturated heterocycles. The van der Waals surface area contributed by atoms with Crippen LogP contribution in [0.1, 0.15) is 35.8 Å². The van der Waals surface area contributed by atoms with Gasteiger partial charge in [0.1, 0.15) is 11.6 Å². The zero-order valence-corrected chi connectivity index (χ0v) is 19.0. The Morgan fingerprint density at radius 3 is 2.48 bits per heavy atom. The van der Waals surface area contributed by atoms with E-state index in [0.717, 1.165) is 46.6 Å². The average molecular weight is 461 g/mol. The Balaban J connectivity index is 1.37. The van der Waals surface area contributed by atoms with Gasteiger partial charge >= 0.3 is 6.03 Å². The van der Waals surface area contributed by atoms with Crippen LogP contribution in [-0.2, 0) is 12.0 Å². The summed E-state index contributed by atoms with van der Waals surface area (Å²) in [7, 11) is 1.65. The van der Waals surface area contributed by atoms with E-state index in [4.69, 9.17) is 21.3 Å². The second kappa shape index (κ2) is 8.79. The summed E-state index contributed by atoms with van der Waals surface area (Å²) >= 11 is 6.04. The normalized spacial score (nSPS) is 15.1. The Bertz CT molecular complexity index is 1230. The number of hydrogen-bond donors (Lipinski definition) is 3. The number of urea groups is 1. The molecule has 1 fully saturated rings. The fraction of sp³-hybridized carbons (Fsp3) is 0.231. The lowest BCUT2D eigenvalue weighted by molar-refractivity contribution is 0.231. The molecule has 3 aromatic carbocycles. The van der Waals surface area contributed by atoms with Gasteiger partial charge in [-0.25, -0.2) is 9.78 Å². The van der Waals surface area contributed by atoms with E-state index in [1.807, 2.05) is 72.8 Å². The molecule has 5 rings (SSSR count). The van der Waals surface area contributed by atoms with E-state index in [-0.39, 0.29) is 17.6 Å². The first-order valence-electron chi connectivity index (χ1n) is 11.0. The summed E-state index contributed by atoms with van der Waals surface area (Å²) in [6, 6.07) is 22.8. The number of ether oxygens (including phenoxy) is 1. The highest BCUT2D eigenvalue weighted by molar-refractivity contribution is 6.30. The Labute approximate surface area is 197 Å². The molecule has 1 aliphatic carbocycles. The van der Waals surface area contributed by atoms with Crippen molar-refractivity contribution in [1.82, 2.24) is 20.6 Å². The van der Waals surface area contributed by atoms with Crippen LogP contribution in [-0.4, -0.2) is 23.1 Å². The summed E-state index contributed by atoms with van der Waals surface area (Å²) in [5.41, 5.74) is 3.61. The molecule has 0 radical (unpaired) electrons. The van der Waals surface area contributed by atoms with Gasteiger partial charge in [-0.3, -0.25) is 0 Å². The van der Waals surface area contributed by atoms with E-state index in [2.05, 4.69) is 15.6 Å². The predicted octanol–water partition coefficient (Wildman–Crippen LogP) is 5.50. The lowest BCUT2D eigenvalue weighted by atomic mass is 10.0. The van der Waals surface area contributed by atoms with Gasteiger partial charge in [0.15, 0.2) is 0 Å². The van der Waals surface area contributed by atoms with Crippen LogP contribution in [0.3, 0.4) is 0 Å². The average Bonchev–Trinajstić information content (AvgIpc) is 3.47. The molecule has 4 aromatic rings. The van der Waals surface area contributed by atoms with Gasteiger partial charge in [-0.2, -0.15) is 0 Å². The van der Waals surface area contributed by atoms with Gasteiger partial charge in [0.2, 0.25) is 0 Å². The quantitative estimate of drug-likeness (QED) is 0.341. The number of rotatable bonds is 7. The second-order valence-electron chi connectivity index (χ2n) is 8.43. The van der Waals surface area contributed by atoms with Crippen molar-refractivity contribution >= 4 is 28.7 Å². The first-order valence-corrected chi connectivity index (χ1v) is 11.3. The fourth-order valence-corrected chi connectivity index (χ4v) is 4.27. The summed E-state index contributed by atoms with van der Waals surface area (Å²) in [4.78, 5) is 21.2. The third kappa shape index (κ3) is 4.66. The molecule has 1 aliphatic rings. The number of H-pyrrole nitrogens is 1. The number of aromatic amines is 1. The number of halogens is 1. The first kappa shape index (κ1) is 21.3. The smallest absolute Gasteiger partial charge is 0.316 e. The number of nitrogens with zero attached hydrogens (tertiary/aromatic N) is 1. The van der Waals surface area contributed by atoms with Crippen molar-refractivity contribution < 1.29 is 9.53 Å². The van der Waals surface area contributed by atoms with E-state index in [1.54, 1.807) is 7.11 Å². The SMILES string of the molecule is COc1ccc(CC(NC(=O)NC2(c3ccc(Cl)cc3)CC2)c2nc3ccccc3[nH]2)cc1. The summed E-state index contributed by atoms with van der Waals surface area (Å²) in [6.07, 6.45) is 2.39. The Hall–Kier alpha value is -3.51. The van der Waals surface area contributed by atoms with E-state index in [1.165, 1.54) is 0 Å². The molecule has 0 spiro atoms. The molecular weight excluding hydrogens is 436 g/mol. The first-order chi connectivity index (χ1) is 16.0. The maximum atomic E-state index is 13.1. The van der Waals surface area contributed by atoms with Gasteiger partial charge in [-0.15, -0.1) is 0 Å². The van der Waals surface area contributed by atoms with Crippen LogP contribution in [0.5, 0.6) is 5.75 Å². The number of carbonyl (C=O) groups excluding carboxylic acids is 1. The fourth-order valence-electron chi connectivity index (χ4n) is 4.14. The Kier molecular flexibility index (Phi) is 5.68. The highest BCUT2D eigenvalue weighted by Crippen LogP contribution is 2.45. The number of fused-ring (bicyclic) bond motifs is 1. The lowest BCUT2D eigenvalue weighted by Crippen LogP contribution is -2.44. The minimum atomic E-state index is -0.340. The maximum absolute atomic E-state index is 13.1. The van der Waals surface area contributed by atoms with Gasteiger partial charge < -0.3 is 20.4 Å². The zero-order valence-electron chi connectivity index (χ0n) is 18.3. The van der Waals surface area contributed by atoms with E-state index in [9.17, 15) is 4.79 Å². The molecule has 168 valence electrons. The number of nitrogens with one attached hydrogen (secondary N) is 3. The highest BCUT2D eigenvalue weighted by atomic mass is 35.5. The van der Waals surface area contributed by atoms with E-state index in [0.29, 0.717) is 11.4 Å². The molecule has 7 heteroatoms. The summed E-state index contributed by atoms with van der Waals surface area (Å²) in [5.74, 6) is 1.52. The van der Waals surface area contributed by atoms with Crippen LogP contribution in [0.4, 0.5) is 4.79 Å². The third-order valence-corrected chi connectivity index (χ3v) is 6.39. The number of aromatic nitrogens is 2. The topological polar surface area (TPSA) is 79.0 Å². The maximum Gasteiger partial charge on any atom is 0.316 e. The molecular formula is C26H25ClN4O2. The predicted molar refractivity (Wildman–Crippen MR) is 130 cm³/mol. The number of carbonyl (C=O) groups is 1.